The van der Waals surface area contributed by atoms with Crippen LogP contribution in [0.15, 0.2) is 91.8 Å². The number of aliphatic hydroxyl groups excluding tert-OH is 2. The summed E-state index contributed by atoms with van der Waals surface area (Å²) < 4.78 is 51.6. The number of thioether (sulfide) groups is 1. The van der Waals surface area contributed by atoms with Crippen LogP contribution in [0.1, 0.15) is 30.0 Å². The maximum atomic E-state index is 13.7. The highest BCUT2D eigenvalue weighted by Crippen LogP contribution is 2.57. The summed E-state index contributed by atoms with van der Waals surface area (Å²) >= 11 is 7.43. The first kappa shape index (κ1) is 42.8. The minimum absolute atomic E-state index is 0.160. The zero-order chi connectivity index (χ0) is 42.9. The lowest BCUT2D eigenvalue weighted by Crippen LogP contribution is -2.67. The third-order valence-electron chi connectivity index (χ3n) is 10.5. The number of phenolic OH excluding ortho intramolecular Hbond substituents is 1. The van der Waals surface area contributed by atoms with Crippen LogP contribution in [-0.4, -0.2) is 102 Å². The molecule has 3 aromatic rings. The molecule has 5 atom stereocenters. The monoisotopic (exact) mass is 875 g/mol. The Bertz CT molecular complexity index is 2600. The number of benzene rings is 3. The zero-order valence-electron chi connectivity index (χ0n) is 30.9. The zero-order valence-corrected chi connectivity index (χ0v) is 34.1. The van der Waals surface area contributed by atoms with Crippen molar-refractivity contribution in [3.63, 3.8) is 0 Å². The summed E-state index contributed by atoms with van der Waals surface area (Å²) in [6.07, 6.45) is -0.200. The smallest absolute Gasteiger partial charge is 0.286 e. The molecule has 17 nitrogen and oxygen atoms in total. The molecule has 0 spiro atoms. The second kappa shape index (κ2) is 15.1. The Labute approximate surface area is 341 Å². The highest BCUT2D eigenvalue weighted by atomic mass is 35.5. The number of aliphatic hydroxyl groups is 4. The predicted octanol–water partition coefficient (Wildman–Crippen LogP) is 2.06. The van der Waals surface area contributed by atoms with Gasteiger partial charge in [0.2, 0.25) is 15.8 Å². The summed E-state index contributed by atoms with van der Waals surface area (Å²) in [6.45, 7) is 1.40. The Hall–Kier alpha value is -4.80. The molecule has 0 radical (unpaired) electrons. The number of amidine groups is 1. The number of primary sulfonamides is 1. The number of anilines is 1. The summed E-state index contributed by atoms with van der Waals surface area (Å²) in [5.74, 6) is -6.62. The van der Waals surface area contributed by atoms with Crippen molar-refractivity contribution < 1.29 is 56.8 Å². The number of rotatable bonds is 7. The van der Waals surface area contributed by atoms with Gasteiger partial charge < -0.3 is 36.6 Å². The van der Waals surface area contributed by atoms with Gasteiger partial charge in [-0.15, -0.1) is 16.2 Å². The number of nitrogens with two attached hydrogens (primary N) is 2. The maximum Gasteiger partial charge on any atom is 0.286 e. The lowest BCUT2D eigenvalue weighted by molar-refractivity contribution is -0.159. The molecule has 308 valence electrons. The van der Waals surface area contributed by atoms with Crippen molar-refractivity contribution in [1.82, 2.24) is 4.90 Å². The standard InChI is InChI=1S/C22H24N2O8.C15H14ClN3O4S3/c1-21(31)8-5-4-6-11(25)12(8)16(26)13-9(21)7-10-15(24(2)3)17(27)14(20(23)30)19(29)22(10,32)18(13)28;16-11-6-12-14(7-13(11)25(17,20)21)26(22,23)19-15(18-12)9-24-8-10-4-2-1-3-5-10/h4-6,9-10,15,25-26,29,31-32H,7H2,1-3H3,(H2,23,30);1-7H,8-9H2,(H,18,19)(H2,17,20,21)/t9-,10-,15-,21+,22-;/m0./s1. The van der Waals surface area contributed by atoms with Gasteiger partial charge in [0.15, 0.2) is 11.4 Å². The first-order valence-electron chi connectivity index (χ1n) is 17.2. The van der Waals surface area contributed by atoms with Crippen LogP contribution in [0.25, 0.3) is 5.76 Å². The number of carbonyl (C=O) groups excluding carboxylic acids is 3. The fourth-order valence-corrected chi connectivity index (χ4v) is 11.1. The van der Waals surface area contributed by atoms with Crippen molar-refractivity contribution in [2.45, 2.75) is 46.1 Å². The molecule has 1 saturated carbocycles. The van der Waals surface area contributed by atoms with Crippen molar-refractivity contribution in [2.75, 3.05) is 25.2 Å². The SMILES string of the molecule is CN(C)[C@@H]1C(=O)C(C(N)=O)=C(O)[C@@]2(O)C(=O)C3=C(O)c4c(O)cccc4[C@@](C)(O)[C@H]3C[C@@H]12.NS(=O)(=O)c1cc2c(cc1Cl)NC(CSCc1ccccc1)=NS2(=O)=O. The van der Waals surface area contributed by atoms with E-state index in [1.165, 1.54) is 61.9 Å². The van der Waals surface area contributed by atoms with Crippen LogP contribution in [0.3, 0.4) is 0 Å². The Morgan fingerprint density at radius 1 is 1.05 bits per heavy atom. The second-order valence-corrected chi connectivity index (χ2v) is 18.9. The van der Waals surface area contributed by atoms with Crippen molar-refractivity contribution in [3.8, 4) is 5.75 Å². The van der Waals surface area contributed by atoms with Crippen molar-refractivity contribution in [2.24, 2.45) is 27.1 Å². The molecule has 1 amide bonds. The van der Waals surface area contributed by atoms with E-state index in [2.05, 4.69) is 9.71 Å². The minimum Gasteiger partial charge on any atom is -0.508 e. The first-order valence-corrected chi connectivity index (χ1v) is 21.7. The molecule has 10 N–H and O–H groups in total. The van der Waals surface area contributed by atoms with Crippen LogP contribution in [0.4, 0.5) is 5.69 Å². The number of aromatic hydroxyl groups is 1. The van der Waals surface area contributed by atoms with E-state index in [1.807, 2.05) is 30.3 Å². The average molecular weight is 876 g/mol. The Kier molecular flexibility index (Phi) is 11.1. The number of amides is 1. The summed E-state index contributed by atoms with van der Waals surface area (Å²) in [4.78, 5) is 39.3. The molecule has 0 aromatic heterocycles. The quantitative estimate of drug-likeness (QED) is 0.158. The van der Waals surface area contributed by atoms with Gasteiger partial charge in [-0.3, -0.25) is 19.3 Å². The highest BCUT2D eigenvalue weighted by Gasteiger charge is 2.66. The molecule has 21 heteroatoms. The van der Waals surface area contributed by atoms with E-state index in [4.69, 9.17) is 22.5 Å². The number of ketones is 2. The summed E-state index contributed by atoms with van der Waals surface area (Å²) in [5.41, 5.74) is 0.735. The molecule has 3 aliphatic carbocycles. The predicted molar refractivity (Wildman–Crippen MR) is 214 cm³/mol. The number of hydrogen-bond acceptors (Lipinski definition) is 15. The van der Waals surface area contributed by atoms with Gasteiger partial charge in [0.1, 0.15) is 38.5 Å². The van der Waals surface area contributed by atoms with Gasteiger partial charge in [-0.2, -0.15) is 8.42 Å². The van der Waals surface area contributed by atoms with E-state index in [0.29, 0.717) is 11.5 Å². The number of carbonyl (C=O) groups is 3. The lowest BCUT2D eigenvalue weighted by atomic mass is 9.54. The summed E-state index contributed by atoms with van der Waals surface area (Å²) in [7, 11) is -5.20. The molecule has 1 heterocycles. The molecule has 1 aliphatic heterocycles. The fourth-order valence-electron chi connectivity index (χ4n) is 7.84. The molecule has 7 rings (SSSR count). The van der Waals surface area contributed by atoms with E-state index in [0.717, 1.165) is 11.6 Å². The third kappa shape index (κ3) is 7.16. The molecule has 1 fully saturated rings. The second-order valence-electron chi connectivity index (χ2n) is 14.4. The van der Waals surface area contributed by atoms with Gasteiger partial charge in [0.05, 0.1) is 33.7 Å². The number of primary amides is 1. The van der Waals surface area contributed by atoms with Crippen LogP contribution in [0.5, 0.6) is 5.75 Å². The third-order valence-corrected chi connectivity index (χ3v) is 14.2. The maximum absolute atomic E-state index is 13.7. The molecule has 0 saturated heterocycles. The minimum atomic E-state index is -4.15. The molecule has 4 aliphatic rings. The van der Waals surface area contributed by atoms with E-state index in [1.54, 1.807) is 0 Å². The van der Waals surface area contributed by atoms with E-state index in [-0.39, 0.29) is 39.0 Å². The topological polar surface area (TPSA) is 300 Å². The highest BCUT2D eigenvalue weighted by molar-refractivity contribution is 7.99. The Balaban J connectivity index is 0.000000200. The van der Waals surface area contributed by atoms with Gasteiger partial charge in [-0.05, 0) is 56.8 Å². The first-order chi connectivity index (χ1) is 26.9. The van der Waals surface area contributed by atoms with Crippen molar-refractivity contribution in [3.05, 3.63) is 99.3 Å². The fraction of sp³-hybridized carbons (Fsp3) is 0.297. The van der Waals surface area contributed by atoms with Crippen LogP contribution >= 0.6 is 23.4 Å². The molecule has 3 aromatic carbocycles. The number of sulfonamides is 2. The number of Topliss-reactive ketones (excluding diaryl/α,β-unsaturated/α-hetero) is 2. The molecule has 58 heavy (non-hydrogen) atoms. The van der Waals surface area contributed by atoms with Crippen LogP contribution in [0.2, 0.25) is 5.02 Å². The number of hydrogen-bond donors (Lipinski definition) is 8. The van der Waals surface area contributed by atoms with E-state index >= 15 is 0 Å². The van der Waals surface area contributed by atoms with E-state index in [9.17, 15) is 56.8 Å². The number of likely N-dealkylation sites (N-methyl/N-ethyl adjacent to an activating group) is 1. The lowest BCUT2D eigenvalue weighted by Gasteiger charge is -2.53. The van der Waals surface area contributed by atoms with Crippen LogP contribution in [0, 0.1) is 11.8 Å². The van der Waals surface area contributed by atoms with Crippen LogP contribution in [-0.2, 0) is 45.8 Å². The van der Waals surface area contributed by atoms with Gasteiger partial charge in [0, 0.05) is 23.2 Å². The van der Waals surface area contributed by atoms with Crippen LogP contribution < -0.4 is 16.2 Å². The molecular formula is C37H38ClN5O12S3. The van der Waals surface area contributed by atoms with Gasteiger partial charge in [-0.1, -0.05) is 54.1 Å². The normalized spacial score (nSPS) is 26.0. The number of nitrogens with one attached hydrogen (secondary N) is 1. The Morgan fingerprint density at radius 2 is 1.71 bits per heavy atom. The number of nitrogens with zero attached hydrogens (tertiary/aromatic N) is 2. The van der Waals surface area contributed by atoms with Gasteiger partial charge >= 0.3 is 0 Å². The number of phenols is 1. The number of fused-ring (bicyclic) bond motifs is 4. The van der Waals surface area contributed by atoms with Gasteiger partial charge in [0.25, 0.3) is 15.9 Å². The summed E-state index contributed by atoms with van der Waals surface area (Å²) in [5, 5.41) is 62.7. The molecular weight excluding hydrogens is 838 g/mol. The van der Waals surface area contributed by atoms with E-state index < -0.39 is 99.9 Å². The van der Waals surface area contributed by atoms with Crippen molar-refractivity contribution in [1.29, 1.82) is 0 Å². The Morgan fingerprint density at radius 3 is 2.31 bits per heavy atom. The largest absolute Gasteiger partial charge is 0.508 e. The van der Waals surface area contributed by atoms with Crippen molar-refractivity contribution >= 4 is 78.2 Å². The number of halogens is 1. The molecule has 0 unspecified atom stereocenters. The average Bonchev–Trinajstić information content (AvgIpc) is 3.11. The molecule has 0 bridgehead atoms. The van der Waals surface area contributed by atoms with Gasteiger partial charge in [-0.25, -0.2) is 13.6 Å². The summed E-state index contributed by atoms with van der Waals surface area (Å²) in [6, 6.07) is 14.9.